The summed E-state index contributed by atoms with van der Waals surface area (Å²) in [5.41, 5.74) is 0.0147. The first-order valence-corrected chi connectivity index (χ1v) is 10.6. The maximum atomic E-state index is 12.8. The minimum Gasteiger partial charge on any atom is -0.371 e. The van der Waals surface area contributed by atoms with E-state index >= 15 is 0 Å². The number of aryl methyl sites for hydroxylation is 1. The van der Waals surface area contributed by atoms with Crippen LogP contribution in [0, 0.1) is 6.92 Å². The van der Waals surface area contributed by atoms with Gasteiger partial charge in [0.05, 0.1) is 18.4 Å². The number of nitrogens with zero attached hydrogens (tertiary/aromatic N) is 6. The van der Waals surface area contributed by atoms with Gasteiger partial charge in [-0.05, 0) is 38.3 Å². The van der Waals surface area contributed by atoms with E-state index < -0.39 is 11.9 Å². The smallest absolute Gasteiger partial charge is 0.371 e. The Hall–Kier alpha value is -3.28. The zero-order valence-corrected chi connectivity index (χ0v) is 17.8. The highest BCUT2D eigenvalue weighted by Gasteiger charge is 2.45. The molecule has 174 valence electrons. The predicted octanol–water partition coefficient (Wildman–Crippen LogP) is 2.82. The lowest BCUT2D eigenvalue weighted by Gasteiger charge is -2.52. The van der Waals surface area contributed by atoms with Gasteiger partial charge in [0.2, 0.25) is 0 Å². The summed E-state index contributed by atoms with van der Waals surface area (Å²) in [4.78, 5) is 14.8. The van der Waals surface area contributed by atoms with E-state index in [4.69, 9.17) is 9.26 Å². The molecule has 0 atom stereocenters. The molecule has 0 aromatic carbocycles. The van der Waals surface area contributed by atoms with Gasteiger partial charge >= 0.3 is 6.18 Å². The molecule has 0 bridgehead atoms. The van der Waals surface area contributed by atoms with E-state index in [0.717, 1.165) is 50.7 Å². The van der Waals surface area contributed by atoms with E-state index in [1.54, 1.807) is 13.1 Å². The van der Waals surface area contributed by atoms with Crippen molar-refractivity contribution in [2.24, 2.45) is 0 Å². The van der Waals surface area contributed by atoms with Gasteiger partial charge in [-0.1, -0.05) is 5.16 Å². The summed E-state index contributed by atoms with van der Waals surface area (Å²) in [6.07, 6.45) is 0.291. The lowest BCUT2D eigenvalue weighted by Crippen LogP contribution is -2.64. The highest BCUT2D eigenvalue weighted by atomic mass is 19.4. The Morgan fingerprint density at radius 1 is 1.18 bits per heavy atom. The van der Waals surface area contributed by atoms with Crippen molar-refractivity contribution in [2.75, 3.05) is 24.6 Å². The van der Waals surface area contributed by atoms with Crippen LogP contribution in [0.4, 0.5) is 18.9 Å². The predicted molar refractivity (Wildman–Crippen MR) is 110 cm³/mol. The van der Waals surface area contributed by atoms with Gasteiger partial charge in [0, 0.05) is 31.3 Å². The van der Waals surface area contributed by atoms with Crippen LogP contribution >= 0.6 is 0 Å². The van der Waals surface area contributed by atoms with Crippen molar-refractivity contribution in [3.63, 3.8) is 0 Å². The van der Waals surface area contributed by atoms with Gasteiger partial charge < -0.3 is 14.2 Å². The van der Waals surface area contributed by atoms with Crippen LogP contribution in [0.25, 0.3) is 11.4 Å². The quantitative estimate of drug-likeness (QED) is 0.584. The van der Waals surface area contributed by atoms with Crippen LogP contribution in [-0.4, -0.2) is 50.4 Å². The molecule has 2 saturated heterocycles. The van der Waals surface area contributed by atoms with Gasteiger partial charge in [0.15, 0.2) is 5.69 Å². The van der Waals surface area contributed by atoms with Crippen LogP contribution in [0.3, 0.4) is 0 Å². The van der Waals surface area contributed by atoms with Crippen LogP contribution in [0.5, 0.6) is 0 Å². The van der Waals surface area contributed by atoms with Crippen molar-refractivity contribution in [3.05, 3.63) is 51.8 Å². The third-order valence-corrected chi connectivity index (χ3v) is 6.10. The second kappa shape index (κ2) is 7.94. The lowest BCUT2D eigenvalue weighted by atomic mass is 9.86. The number of anilines is 1. The molecule has 3 aromatic heterocycles. The fourth-order valence-electron chi connectivity index (χ4n) is 4.25. The zero-order valence-electron chi connectivity index (χ0n) is 17.8. The van der Waals surface area contributed by atoms with Gasteiger partial charge in [-0.15, -0.1) is 10.2 Å². The maximum absolute atomic E-state index is 12.8. The summed E-state index contributed by atoms with van der Waals surface area (Å²) in [6.45, 7) is 3.92. The average Bonchev–Trinajstić information content (AvgIpc) is 3.13. The van der Waals surface area contributed by atoms with Gasteiger partial charge in [0.1, 0.15) is 22.7 Å². The van der Waals surface area contributed by atoms with Gasteiger partial charge in [-0.3, -0.25) is 4.79 Å². The largest absolute Gasteiger partial charge is 0.435 e. The van der Waals surface area contributed by atoms with E-state index in [1.807, 2.05) is 0 Å². The third-order valence-electron chi connectivity index (χ3n) is 6.10. The molecule has 0 unspecified atom stereocenters. The van der Waals surface area contributed by atoms with Crippen LogP contribution in [0.15, 0.2) is 33.7 Å². The van der Waals surface area contributed by atoms with Crippen molar-refractivity contribution >= 4 is 5.69 Å². The maximum Gasteiger partial charge on any atom is 0.435 e. The minimum atomic E-state index is -4.59. The van der Waals surface area contributed by atoms with Gasteiger partial charge in [-0.2, -0.15) is 18.3 Å². The average molecular weight is 462 g/mol. The topological polar surface area (TPSA) is 99.2 Å². The molecule has 0 aliphatic carbocycles. The van der Waals surface area contributed by atoms with Gasteiger partial charge in [-0.25, -0.2) is 4.68 Å². The third kappa shape index (κ3) is 4.10. The van der Waals surface area contributed by atoms with Crippen molar-refractivity contribution < 1.29 is 22.4 Å². The van der Waals surface area contributed by atoms with Crippen molar-refractivity contribution in [2.45, 2.75) is 44.5 Å². The molecule has 1 spiro atoms. The number of ether oxygens (including phenoxy) is 1. The molecular weight excluding hydrogens is 441 g/mol. The molecular formula is C21H21F3N6O3. The molecule has 12 heteroatoms. The SMILES string of the molecule is Cc1onc(-c2ccc(C(F)(F)F)nn2)c1Cn1ncc(N2CC3(CCCCO3)C2)cc1=O. The summed E-state index contributed by atoms with van der Waals surface area (Å²) in [7, 11) is 0. The van der Waals surface area contributed by atoms with E-state index in [1.165, 1.54) is 16.8 Å². The van der Waals surface area contributed by atoms with Crippen molar-refractivity contribution in [1.82, 2.24) is 25.1 Å². The molecule has 5 rings (SSSR count). The van der Waals surface area contributed by atoms with Crippen LogP contribution in [0.1, 0.15) is 36.3 Å². The molecule has 0 saturated carbocycles. The number of hydrogen-bond donors (Lipinski definition) is 0. The second-order valence-corrected chi connectivity index (χ2v) is 8.42. The van der Waals surface area contributed by atoms with Crippen molar-refractivity contribution in [1.29, 1.82) is 0 Å². The molecule has 9 nitrogen and oxygen atoms in total. The molecule has 33 heavy (non-hydrogen) atoms. The molecule has 2 aliphatic heterocycles. The first-order valence-electron chi connectivity index (χ1n) is 10.6. The Morgan fingerprint density at radius 2 is 2.00 bits per heavy atom. The van der Waals surface area contributed by atoms with E-state index in [-0.39, 0.29) is 29.1 Å². The van der Waals surface area contributed by atoms with Crippen LogP contribution in [0.2, 0.25) is 0 Å². The minimum absolute atomic E-state index is 0.0273. The number of aromatic nitrogens is 5. The van der Waals surface area contributed by atoms with E-state index in [0.29, 0.717) is 11.3 Å². The highest BCUT2D eigenvalue weighted by molar-refractivity contribution is 5.58. The summed E-state index contributed by atoms with van der Waals surface area (Å²) in [5, 5.41) is 15.0. The fourth-order valence-corrected chi connectivity index (χ4v) is 4.25. The Bertz CT molecular complexity index is 1210. The molecule has 2 fully saturated rings. The van der Waals surface area contributed by atoms with Crippen LogP contribution < -0.4 is 10.5 Å². The number of hydrogen-bond acceptors (Lipinski definition) is 8. The number of halogens is 3. The monoisotopic (exact) mass is 462 g/mol. The summed E-state index contributed by atoms with van der Waals surface area (Å²) in [6, 6.07) is 3.51. The standard InChI is InChI=1S/C21H21F3N6O3/c1-13-15(19(28-33-13)16-4-5-17(27-26-16)21(22,23)24)10-30-18(31)8-14(9-25-30)29-11-20(12-29)6-2-3-7-32-20/h4-5,8-9H,2-3,6-7,10-12H2,1H3. The zero-order chi connectivity index (χ0) is 23.2. The first-order chi connectivity index (χ1) is 15.7. The van der Waals surface area contributed by atoms with E-state index in [9.17, 15) is 18.0 Å². The molecule has 2 aliphatic rings. The Balaban J connectivity index is 1.34. The van der Waals surface area contributed by atoms with Crippen LogP contribution in [-0.2, 0) is 17.5 Å². The Morgan fingerprint density at radius 3 is 2.64 bits per heavy atom. The molecule has 0 amide bonds. The fraction of sp³-hybridized carbons (Fsp3) is 0.476. The van der Waals surface area contributed by atoms with E-state index in [2.05, 4.69) is 25.4 Å². The Kier molecular flexibility index (Phi) is 5.19. The molecule has 5 heterocycles. The normalized spacial score (nSPS) is 17.9. The highest BCUT2D eigenvalue weighted by Crippen LogP contribution is 2.36. The Labute approximate surface area is 186 Å². The summed E-state index contributed by atoms with van der Waals surface area (Å²) in [5.74, 6) is 0.406. The molecule has 0 radical (unpaired) electrons. The van der Waals surface area contributed by atoms with Gasteiger partial charge in [0.25, 0.3) is 5.56 Å². The number of rotatable bonds is 4. The summed E-state index contributed by atoms with van der Waals surface area (Å²) >= 11 is 0. The second-order valence-electron chi connectivity index (χ2n) is 8.42. The number of alkyl halides is 3. The molecule has 0 N–H and O–H groups in total. The summed E-state index contributed by atoms with van der Waals surface area (Å²) < 4.78 is 50.7. The lowest BCUT2D eigenvalue weighted by molar-refractivity contribution is -0.141. The first kappa shape index (κ1) is 21.6. The molecule has 3 aromatic rings. The van der Waals surface area contributed by atoms with Crippen molar-refractivity contribution in [3.8, 4) is 11.4 Å².